The van der Waals surface area contributed by atoms with Crippen molar-refractivity contribution in [1.82, 2.24) is 14.5 Å². The predicted octanol–water partition coefficient (Wildman–Crippen LogP) is 4.50. The summed E-state index contributed by atoms with van der Waals surface area (Å²) in [7, 11) is 0. The lowest BCUT2D eigenvalue weighted by molar-refractivity contribution is -0.140. The van der Waals surface area contributed by atoms with Crippen LogP contribution in [-0.4, -0.2) is 39.6 Å². The zero-order chi connectivity index (χ0) is 21.9. The van der Waals surface area contributed by atoms with Crippen molar-refractivity contribution < 1.29 is 18.0 Å². The topological polar surface area (TPSA) is 55.2 Å². The number of rotatable bonds is 6. The van der Waals surface area contributed by atoms with Crippen LogP contribution < -0.4 is 5.56 Å². The molecule has 0 unspecified atom stereocenters. The van der Waals surface area contributed by atoms with Gasteiger partial charge in [-0.2, -0.15) is 13.2 Å². The van der Waals surface area contributed by atoms with Crippen molar-refractivity contribution in [2.24, 2.45) is 0 Å². The van der Waals surface area contributed by atoms with Crippen LogP contribution in [0.5, 0.6) is 0 Å². The van der Waals surface area contributed by atoms with Gasteiger partial charge in [0, 0.05) is 12.1 Å². The molecule has 0 aliphatic heterocycles. The molecule has 0 atom stereocenters. The van der Waals surface area contributed by atoms with Crippen LogP contribution in [0.4, 0.5) is 13.2 Å². The summed E-state index contributed by atoms with van der Waals surface area (Å²) in [5.74, 6) is -0.215. The number of aryl methyl sites for hydroxylation is 1. The second kappa shape index (κ2) is 8.69. The summed E-state index contributed by atoms with van der Waals surface area (Å²) in [6.45, 7) is 2.29. The van der Waals surface area contributed by atoms with Gasteiger partial charge in [-0.25, -0.2) is 4.98 Å². The van der Waals surface area contributed by atoms with Crippen LogP contribution >= 0.6 is 0 Å². The predicted molar refractivity (Wildman–Crippen MR) is 109 cm³/mol. The third-order valence-corrected chi connectivity index (χ3v) is 4.75. The van der Waals surface area contributed by atoms with Gasteiger partial charge in [-0.15, -0.1) is 0 Å². The number of nitrogens with zero attached hydrogens (tertiary/aromatic N) is 3. The lowest BCUT2D eigenvalue weighted by Crippen LogP contribution is -2.39. The van der Waals surface area contributed by atoms with Crippen LogP contribution in [0.15, 0.2) is 53.3 Å². The van der Waals surface area contributed by atoms with E-state index in [1.165, 1.54) is 16.7 Å². The number of hydrogen-bond acceptors (Lipinski definition) is 3. The van der Waals surface area contributed by atoms with Crippen molar-refractivity contribution in [3.05, 3.63) is 70.3 Å². The van der Waals surface area contributed by atoms with E-state index in [-0.39, 0.29) is 17.7 Å². The summed E-state index contributed by atoms with van der Waals surface area (Å²) in [5, 5.41) is 0.458. The first-order valence-corrected chi connectivity index (χ1v) is 9.66. The number of aromatic nitrogens is 2. The van der Waals surface area contributed by atoms with E-state index in [1.54, 1.807) is 43.3 Å². The summed E-state index contributed by atoms with van der Waals surface area (Å²) in [6, 6.07) is 12.9. The first kappa shape index (κ1) is 21.5. The van der Waals surface area contributed by atoms with Crippen molar-refractivity contribution in [2.75, 3.05) is 13.1 Å². The lowest BCUT2D eigenvalue weighted by Gasteiger charge is -2.24. The van der Waals surface area contributed by atoms with Gasteiger partial charge in [0.05, 0.1) is 16.6 Å². The highest BCUT2D eigenvalue weighted by Gasteiger charge is 2.33. The summed E-state index contributed by atoms with van der Waals surface area (Å²) in [6.07, 6.45) is -3.31. The molecule has 5 nitrogen and oxygen atoms in total. The fourth-order valence-corrected chi connectivity index (χ4v) is 3.30. The quantitative estimate of drug-likeness (QED) is 0.594. The summed E-state index contributed by atoms with van der Waals surface area (Å²) < 4.78 is 40.0. The zero-order valence-electron chi connectivity index (χ0n) is 16.7. The van der Waals surface area contributed by atoms with E-state index >= 15 is 0 Å². The Balaban J connectivity index is 1.93. The van der Waals surface area contributed by atoms with Gasteiger partial charge in [-0.05, 0) is 49.7 Å². The zero-order valence-corrected chi connectivity index (χ0v) is 16.7. The Labute approximate surface area is 171 Å². The number of unbranched alkanes of at least 4 members (excludes halogenated alkanes) is 1. The molecule has 0 fully saturated rings. The monoisotopic (exact) mass is 417 g/mol. The molecule has 0 saturated carbocycles. The molecule has 0 aliphatic carbocycles. The molecular formula is C22H22F3N3O2. The van der Waals surface area contributed by atoms with Crippen LogP contribution in [-0.2, 0) is 0 Å². The number of carbonyl (C=O) groups is 1. The number of amides is 1. The van der Waals surface area contributed by atoms with Crippen molar-refractivity contribution in [3.8, 4) is 5.69 Å². The maximum absolute atomic E-state index is 12.9. The highest BCUT2D eigenvalue weighted by molar-refractivity contribution is 5.94. The maximum Gasteiger partial charge on any atom is 0.406 e. The summed E-state index contributed by atoms with van der Waals surface area (Å²) in [4.78, 5) is 30.8. The van der Waals surface area contributed by atoms with E-state index in [0.717, 1.165) is 4.90 Å². The van der Waals surface area contributed by atoms with Crippen LogP contribution in [0.3, 0.4) is 0 Å². The average Bonchev–Trinajstić information content (AvgIpc) is 2.70. The number of halogens is 3. The van der Waals surface area contributed by atoms with Gasteiger partial charge in [0.2, 0.25) is 0 Å². The molecule has 0 N–H and O–H groups in total. The molecule has 1 amide bonds. The summed E-state index contributed by atoms with van der Waals surface area (Å²) in [5.41, 5.74) is 0.961. The number of alkyl halides is 3. The van der Waals surface area contributed by atoms with E-state index < -0.39 is 18.6 Å². The van der Waals surface area contributed by atoms with E-state index in [9.17, 15) is 22.8 Å². The first-order chi connectivity index (χ1) is 14.2. The molecule has 1 aromatic heterocycles. The van der Waals surface area contributed by atoms with Crippen molar-refractivity contribution in [3.63, 3.8) is 0 Å². The van der Waals surface area contributed by atoms with E-state index in [2.05, 4.69) is 4.98 Å². The number of carbonyl (C=O) groups excluding carboxylic acids is 1. The number of benzene rings is 2. The Morgan fingerprint density at radius 1 is 1.10 bits per heavy atom. The Morgan fingerprint density at radius 2 is 1.77 bits per heavy atom. The van der Waals surface area contributed by atoms with Crippen molar-refractivity contribution >= 4 is 16.8 Å². The lowest BCUT2D eigenvalue weighted by atomic mass is 10.1. The van der Waals surface area contributed by atoms with E-state index in [1.807, 2.05) is 6.92 Å². The molecule has 1 heterocycles. The van der Waals surface area contributed by atoms with Crippen LogP contribution in [0.1, 0.15) is 35.9 Å². The minimum atomic E-state index is -4.47. The van der Waals surface area contributed by atoms with Crippen molar-refractivity contribution in [1.29, 1.82) is 0 Å². The fourth-order valence-electron chi connectivity index (χ4n) is 3.30. The average molecular weight is 417 g/mol. The first-order valence-electron chi connectivity index (χ1n) is 9.66. The molecule has 8 heteroatoms. The third kappa shape index (κ3) is 4.69. The van der Waals surface area contributed by atoms with Gasteiger partial charge in [0.25, 0.3) is 11.5 Å². The number of hydrogen-bond donors (Lipinski definition) is 0. The van der Waals surface area contributed by atoms with Crippen molar-refractivity contribution in [2.45, 2.75) is 32.9 Å². The largest absolute Gasteiger partial charge is 0.406 e. The number of fused-ring (bicyclic) bond motifs is 1. The Morgan fingerprint density at radius 3 is 2.40 bits per heavy atom. The second-order valence-corrected chi connectivity index (χ2v) is 7.06. The van der Waals surface area contributed by atoms with Crippen LogP contribution in [0.2, 0.25) is 0 Å². The van der Waals surface area contributed by atoms with Gasteiger partial charge < -0.3 is 4.90 Å². The molecule has 0 spiro atoms. The molecular weight excluding hydrogens is 395 g/mol. The third-order valence-electron chi connectivity index (χ3n) is 4.75. The van der Waals surface area contributed by atoms with Gasteiger partial charge in [-0.3, -0.25) is 14.2 Å². The normalized spacial score (nSPS) is 11.6. The second-order valence-electron chi connectivity index (χ2n) is 7.06. The highest BCUT2D eigenvalue weighted by Crippen LogP contribution is 2.20. The van der Waals surface area contributed by atoms with Gasteiger partial charge in [0.15, 0.2) is 0 Å². The Bertz CT molecular complexity index is 1110. The Kier molecular flexibility index (Phi) is 6.24. The molecule has 3 rings (SSSR count). The minimum absolute atomic E-state index is 0.0315. The molecule has 0 bridgehead atoms. The molecule has 2 aromatic carbocycles. The van der Waals surface area contributed by atoms with Gasteiger partial charge >= 0.3 is 6.18 Å². The number of para-hydroxylation sites is 1. The SMILES string of the molecule is CCCCN(CC(F)(F)F)C(=O)c1ccc(-n2c(C)nc3ccccc3c2=O)cc1. The molecule has 0 saturated heterocycles. The standard InChI is InChI=1S/C22H22F3N3O2/c1-3-4-13-27(14-22(23,24)25)20(29)16-9-11-17(12-10-16)28-15(2)26-19-8-6-5-7-18(19)21(28)30/h5-12H,3-4,13-14H2,1-2H3. The molecule has 30 heavy (non-hydrogen) atoms. The van der Waals surface area contributed by atoms with Gasteiger partial charge in [0.1, 0.15) is 12.4 Å². The fraction of sp³-hybridized carbons (Fsp3) is 0.318. The van der Waals surface area contributed by atoms with Crippen LogP contribution in [0, 0.1) is 6.92 Å². The summed E-state index contributed by atoms with van der Waals surface area (Å²) >= 11 is 0. The van der Waals surface area contributed by atoms with Crippen LogP contribution in [0.25, 0.3) is 16.6 Å². The van der Waals surface area contributed by atoms with Gasteiger partial charge in [-0.1, -0.05) is 25.5 Å². The van der Waals surface area contributed by atoms with E-state index in [4.69, 9.17) is 0 Å². The Hall–Kier alpha value is -3.16. The molecule has 3 aromatic rings. The molecule has 0 radical (unpaired) electrons. The van der Waals surface area contributed by atoms with E-state index in [0.29, 0.717) is 35.3 Å². The maximum atomic E-state index is 12.9. The minimum Gasteiger partial charge on any atom is -0.330 e. The molecule has 0 aliphatic rings. The molecule has 158 valence electrons. The highest BCUT2D eigenvalue weighted by atomic mass is 19.4. The smallest absolute Gasteiger partial charge is 0.330 e.